The standard InChI is InChI=1S/C14H23N5O2.ClH/c1-14(2,3)12(15)13(21)18-10-6-16-19(7-10)8-11(20)17-9-4-5-9;/h6-7,9,12H,4-5,8,15H2,1-3H3,(H,17,20)(H,18,21);1H/t12-;/m1./s1. The Hall–Kier alpha value is -1.60. The fraction of sp³-hybridized carbons (Fsp3) is 0.643. The predicted octanol–water partition coefficient (Wildman–Crippen LogP) is 0.895. The number of amides is 2. The Morgan fingerprint density at radius 1 is 1.45 bits per heavy atom. The third kappa shape index (κ3) is 5.31. The zero-order chi connectivity index (χ0) is 15.6. The maximum atomic E-state index is 12.0. The molecule has 0 spiro atoms. The number of halogens is 1. The van der Waals surface area contributed by atoms with Crippen LogP contribution in [0.2, 0.25) is 0 Å². The van der Waals surface area contributed by atoms with Gasteiger partial charge in [-0.15, -0.1) is 12.4 Å². The minimum Gasteiger partial charge on any atom is -0.352 e. The van der Waals surface area contributed by atoms with E-state index in [-0.39, 0.29) is 36.2 Å². The van der Waals surface area contributed by atoms with Crippen molar-refractivity contribution in [2.45, 2.75) is 52.2 Å². The summed E-state index contributed by atoms with van der Waals surface area (Å²) >= 11 is 0. The number of hydrogen-bond donors (Lipinski definition) is 3. The molecule has 124 valence electrons. The van der Waals surface area contributed by atoms with Crippen molar-refractivity contribution in [2.24, 2.45) is 11.1 Å². The summed E-state index contributed by atoms with van der Waals surface area (Å²) < 4.78 is 1.50. The van der Waals surface area contributed by atoms with Crippen molar-refractivity contribution < 1.29 is 9.59 Å². The molecule has 0 aromatic carbocycles. The molecule has 1 saturated carbocycles. The van der Waals surface area contributed by atoms with Crippen LogP contribution >= 0.6 is 12.4 Å². The first kappa shape index (κ1) is 18.4. The molecule has 0 bridgehead atoms. The molecular weight excluding hydrogens is 306 g/mol. The fourth-order valence-electron chi connectivity index (χ4n) is 1.78. The largest absolute Gasteiger partial charge is 0.352 e. The quantitative estimate of drug-likeness (QED) is 0.746. The molecule has 0 aliphatic heterocycles. The van der Waals surface area contributed by atoms with Crippen LogP contribution in [0.3, 0.4) is 0 Å². The van der Waals surface area contributed by atoms with Gasteiger partial charge in [-0.3, -0.25) is 14.3 Å². The lowest BCUT2D eigenvalue weighted by atomic mass is 9.87. The second kappa shape index (κ2) is 7.11. The van der Waals surface area contributed by atoms with Gasteiger partial charge in [-0.25, -0.2) is 0 Å². The summed E-state index contributed by atoms with van der Waals surface area (Å²) in [6.45, 7) is 5.87. The Labute approximate surface area is 136 Å². The van der Waals surface area contributed by atoms with Crippen molar-refractivity contribution in [1.82, 2.24) is 15.1 Å². The average Bonchev–Trinajstić information content (AvgIpc) is 3.07. The van der Waals surface area contributed by atoms with Gasteiger partial charge in [-0.1, -0.05) is 20.8 Å². The van der Waals surface area contributed by atoms with E-state index in [4.69, 9.17) is 5.73 Å². The number of anilines is 1. The molecule has 7 nitrogen and oxygen atoms in total. The summed E-state index contributed by atoms with van der Waals surface area (Å²) in [7, 11) is 0. The second-order valence-electron chi connectivity index (χ2n) is 6.60. The molecule has 2 rings (SSSR count). The first-order valence-electron chi connectivity index (χ1n) is 7.14. The Balaban J connectivity index is 0.00000242. The van der Waals surface area contributed by atoms with E-state index in [0.29, 0.717) is 11.7 Å². The van der Waals surface area contributed by atoms with Crippen LogP contribution in [0.5, 0.6) is 0 Å². The van der Waals surface area contributed by atoms with Crippen molar-refractivity contribution in [1.29, 1.82) is 0 Å². The van der Waals surface area contributed by atoms with Crippen LogP contribution < -0.4 is 16.4 Å². The summed E-state index contributed by atoms with van der Waals surface area (Å²) in [4.78, 5) is 23.6. The van der Waals surface area contributed by atoms with E-state index in [0.717, 1.165) is 12.8 Å². The molecule has 22 heavy (non-hydrogen) atoms. The van der Waals surface area contributed by atoms with E-state index in [1.165, 1.54) is 10.9 Å². The minimum absolute atomic E-state index is 0. The molecule has 1 heterocycles. The monoisotopic (exact) mass is 329 g/mol. The van der Waals surface area contributed by atoms with Crippen LogP contribution in [0.4, 0.5) is 5.69 Å². The number of nitrogens with zero attached hydrogens (tertiary/aromatic N) is 2. The Morgan fingerprint density at radius 3 is 2.64 bits per heavy atom. The van der Waals surface area contributed by atoms with E-state index in [9.17, 15) is 9.59 Å². The molecule has 0 saturated heterocycles. The van der Waals surface area contributed by atoms with Gasteiger partial charge in [0.25, 0.3) is 0 Å². The number of aromatic nitrogens is 2. The van der Waals surface area contributed by atoms with Gasteiger partial charge in [-0.05, 0) is 18.3 Å². The summed E-state index contributed by atoms with van der Waals surface area (Å²) in [5, 5.41) is 9.66. The van der Waals surface area contributed by atoms with E-state index < -0.39 is 6.04 Å². The van der Waals surface area contributed by atoms with Crippen molar-refractivity contribution in [3.63, 3.8) is 0 Å². The van der Waals surface area contributed by atoms with Crippen LogP contribution in [0.25, 0.3) is 0 Å². The van der Waals surface area contributed by atoms with E-state index in [2.05, 4.69) is 15.7 Å². The molecule has 4 N–H and O–H groups in total. The highest BCUT2D eigenvalue weighted by Crippen LogP contribution is 2.19. The molecular formula is C14H24ClN5O2. The van der Waals surface area contributed by atoms with Crippen LogP contribution in [-0.4, -0.2) is 33.7 Å². The highest BCUT2D eigenvalue weighted by Gasteiger charge is 2.27. The zero-order valence-corrected chi connectivity index (χ0v) is 13.9. The molecule has 1 aromatic heterocycles. The van der Waals surface area contributed by atoms with Crippen LogP contribution in [0, 0.1) is 5.41 Å². The molecule has 8 heteroatoms. The van der Waals surface area contributed by atoms with Crippen LogP contribution in [0.15, 0.2) is 12.4 Å². The lowest BCUT2D eigenvalue weighted by molar-refractivity contribution is -0.122. The molecule has 0 unspecified atom stereocenters. The first-order chi connectivity index (χ1) is 9.75. The Bertz CT molecular complexity index is 534. The molecule has 1 aliphatic carbocycles. The van der Waals surface area contributed by atoms with Gasteiger partial charge >= 0.3 is 0 Å². The SMILES string of the molecule is CC(C)(C)[C@H](N)C(=O)Nc1cnn(CC(=O)NC2CC2)c1.Cl. The third-order valence-electron chi connectivity index (χ3n) is 3.36. The lowest BCUT2D eigenvalue weighted by Gasteiger charge is -2.25. The molecule has 2 amide bonds. The lowest BCUT2D eigenvalue weighted by Crippen LogP contribution is -2.45. The maximum Gasteiger partial charge on any atom is 0.241 e. The van der Waals surface area contributed by atoms with E-state index in [1.807, 2.05) is 20.8 Å². The van der Waals surface area contributed by atoms with Gasteiger partial charge in [0.15, 0.2) is 0 Å². The highest BCUT2D eigenvalue weighted by atomic mass is 35.5. The van der Waals surface area contributed by atoms with E-state index in [1.54, 1.807) is 6.20 Å². The Morgan fingerprint density at radius 2 is 2.09 bits per heavy atom. The zero-order valence-electron chi connectivity index (χ0n) is 13.1. The topological polar surface area (TPSA) is 102 Å². The molecule has 1 fully saturated rings. The number of hydrogen-bond acceptors (Lipinski definition) is 4. The smallest absolute Gasteiger partial charge is 0.241 e. The summed E-state index contributed by atoms with van der Waals surface area (Å²) in [6, 6.07) is -0.281. The molecule has 1 atom stereocenters. The second-order valence-corrected chi connectivity index (χ2v) is 6.60. The van der Waals surface area contributed by atoms with Gasteiger partial charge in [0, 0.05) is 12.2 Å². The highest BCUT2D eigenvalue weighted by molar-refractivity contribution is 5.95. The summed E-state index contributed by atoms with van der Waals surface area (Å²) in [6.07, 6.45) is 5.24. The first-order valence-corrected chi connectivity index (χ1v) is 7.14. The van der Waals surface area contributed by atoms with Gasteiger partial charge in [0.1, 0.15) is 6.54 Å². The molecule has 0 radical (unpaired) electrons. The summed E-state index contributed by atoms with van der Waals surface area (Å²) in [5.41, 5.74) is 6.11. The van der Waals surface area contributed by atoms with E-state index >= 15 is 0 Å². The van der Waals surface area contributed by atoms with Crippen molar-refractivity contribution in [2.75, 3.05) is 5.32 Å². The number of carbonyl (C=O) groups is 2. The van der Waals surface area contributed by atoms with Crippen LogP contribution in [0.1, 0.15) is 33.6 Å². The number of carbonyl (C=O) groups excluding carboxylic acids is 2. The summed E-state index contributed by atoms with van der Waals surface area (Å²) in [5.74, 6) is -0.325. The molecule has 1 aromatic rings. The third-order valence-corrected chi connectivity index (χ3v) is 3.36. The number of rotatable bonds is 5. The fourth-order valence-corrected chi connectivity index (χ4v) is 1.78. The maximum absolute atomic E-state index is 12.0. The predicted molar refractivity (Wildman–Crippen MR) is 86.7 cm³/mol. The van der Waals surface area contributed by atoms with Gasteiger partial charge in [0.05, 0.1) is 17.9 Å². The normalized spacial score (nSPS) is 15.6. The van der Waals surface area contributed by atoms with Gasteiger partial charge in [0.2, 0.25) is 11.8 Å². The van der Waals surface area contributed by atoms with Gasteiger partial charge < -0.3 is 16.4 Å². The number of nitrogens with two attached hydrogens (primary N) is 1. The van der Waals surface area contributed by atoms with Crippen LogP contribution in [-0.2, 0) is 16.1 Å². The number of nitrogens with one attached hydrogen (secondary N) is 2. The van der Waals surface area contributed by atoms with Crippen molar-refractivity contribution in [3.8, 4) is 0 Å². The minimum atomic E-state index is -0.612. The average molecular weight is 330 g/mol. The van der Waals surface area contributed by atoms with Crippen molar-refractivity contribution >= 4 is 29.9 Å². The Kier molecular flexibility index (Phi) is 5.96. The van der Waals surface area contributed by atoms with Crippen molar-refractivity contribution in [3.05, 3.63) is 12.4 Å². The molecule has 1 aliphatic rings. The van der Waals surface area contributed by atoms with Gasteiger partial charge in [-0.2, -0.15) is 5.10 Å².